The van der Waals surface area contributed by atoms with Gasteiger partial charge in [0.1, 0.15) is 0 Å². The van der Waals surface area contributed by atoms with Crippen molar-refractivity contribution in [2.24, 2.45) is 11.8 Å². The van der Waals surface area contributed by atoms with Crippen LogP contribution in [-0.4, -0.2) is 26.8 Å². The number of nitrogens with one attached hydrogen (secondary N) is 1. The van der Waals surface area contributed by atoms with Gasteiger partial charge in [0.2, 0.25) is 0 Å². The fourth-order valence-electron chi connectivity index (χ4n) is 1.79. The van der Waals surface area contributed by atoms with E-state index in [1.165, 1.54) is 32.2 Å². The lowest BCUT2D eigenvalue weighted by molar-refractivity contribution is 0.188. The SMILES string of the molecule is CCCNCC(CCCCOC)C(C)C. The molecule has 0 radical (unpaired) electrons. The zero-order chi connectivity index (χ0) is 11.5. The van der Waals surface area contributed by atoms with Crippen molar-refractivity contribution in [1.82, 2.24) is 5.32 Å². The summed E-state index contributed by atoms with van der Waals surface area (Å²) in [6.45, 7) is 10.1. The summed E-state index contributed by atoms with van der Waals surface area (Å²) in [5.41, 5.74) is 0. The summed E-state index contributed by atoms with van der Waals surface area (Å²) in [4.78, 5) is 0. The monoisotopic (exact) mass is 215 g/mol. The Labute approximate surface area is 95.8 Å². The average molecular weight is 215 g/mol. The Balaban J connectivity index is 3.54. The van der Waals surface area contributed by atoms with Crippen LogP contribution in [0.25, 0.3) is 0 Å². The molecule has 15 heavy (non-hydrogen) atoms. The van der Waals surface area contributed by atoms with Crippen LogP contribution in [0.4, 0.5) is 0 Å². The molecule has 0 aromatic rings. The van der Waals surface area contributed by atoms with Gasteiger partial charge in [0, 0.05) is 13.7 Å². The fraction of sp³-hybridized carbons (Fsp3) is 1.00. The molecule has 0 aliphatic rings. The van der Waals surface area contributed by atoms with E-state index in [4.69, 9.17) is 4.74 Å². The van der Waals surface area contributed by atoms with Gasteiger partial charge in [-0.05, 0) is 44.2 Å². The molecule has 0 bridgehead atoms. The van der Waals surface area contributed by atoms with Crippen molar-refractivity contribution >= 4 is 0 Å². The molecule has 0 rings (SSSR count). The van der Waals surface area contributed by atoms with E-state index in [2.05, 4.69) is 26.1 Å². The maximum Gasteiger partial charge on any atom is 0.0462 e. The topological polar surface area (TPSA) is 21.3 Å². The van der Waals surface area contributed by atoms with Gasteiger partial charge in [-0.15, -0.1) is 0 Å². The molecule has 0 saturated heterocycles. The van der Waals surface area contributed by atoms with Crippen LogP contribution in [0.3, 0.4) is 0 Å². The number of ether oxygens (including phenoxy) is 1. The second-order valence-electron chi connectivity index (χ2n) is 4.70. The minimum Gasteiger partial charge on any atom is -0.385 e. The first kappa shape index (κ1) is 14.9. The van der Waals surface area contributed by atoms with Crippen LogP contribution in [0, 0.1) is 11.8 Å². The molecule has 0 fully saturated rings. The van der Waals surface area contributed by atoms with Gasteiger partial charge in [-0.2, -0.15) is 0 Å². The van der Waals surface area contributed by atoms with E-state index in [1.807, 2.05) is 0 Å². The van der Waals surface area contributed by atoms with Crippen molar-refractivity contribution in [3.05, 3.63) is 0 Å². The van der Waals surface area contributed by atoms with Crippen molar-refractivity contribution in [2.45, 2.75) is 46.5 Å². The molecule has 0 spiro atoms. The minimum absolute atomic E-state index is 0.789. The smallest absolute Gasteiger partial charge is 0.0462 e. The standard InChI is InChI=1S/C13H29NO/c1-5-9-14-11-13(12(2)3)8-6-7-10-15-4/h12-14H,5-11H2,1-4H3. The van der Waals surface area contributed by atoms with E-state index in [0.717, 1.165) is 25.0 Å². The van der Waals surface area contributed by atoms with Gasteiger partial charge in [0.15, 0.2) is 0 Å². The van der Waals surface area contributed by atoms with Gasteiger partial charge < -0.3 is 10.1 Å². The first-order valence-electron chi connectivity index (χ1n) is 6.42. The number of methoxy groups -OCH3 is 1. The lowest BCUT2D eigenvalue weighted by Crippen LogP contribution is -2.26. The second kappa shape index (κ2) is 10.4. The number of unbranched alkanes of at least 4 members (excludes halogenated alkanes) is 1. The van der Waals surface area contributed by atoms with Crippen molar-refractivity contribution in [3.63, 3.8) is 0 Å². The second-order valence-corrected chi connectivity index (χ2v) is 4.70. The summed E-state index contributed by atoms with van der Waals surface area (Å²) in [5.74, 6) is 1.62. The number of hydrogen-bond acceptors (Lipinski definition) is 2. The normalized spacial score (nSPS) is 13.4. The van der Waals surface area contributed by atoms with E-state index in [-0.39, 0.29) is 0 Å². The van der Waals surface area contributed by atoms with E-state index >= 15 is 0 Å². The van der Waals surface area contributed by atoms with Crippen LogP contribution in [0.2, 0.25) is 0 Å². The summed E-state index contributed by atoms with van der Waals surface area (Å²) in [5, 5.41) is 3.53. The van der Waals surface area contributed by atoms with Crippen LogP contribution >= 0.6 is 0 Å². The van der Waals surface area contributed by atoms with Gasteiger partial charge in [-0.1, -0.05) is 27.2 Å². The zero-order valence-electron chi connectivity index (χ0n) is 11.0. The highest BCUT2D eigenvalue weighted by Crippen LogP contribution is 2.17. The van der Waals surface area contributed by atoms with Crippen molar-refractivity contribution in [3.8, 4) is 0 Å². The minimum atomic E-state index is 0.789. The zero-order valence-corrected chi connectivity index (χ0v) is 11.0. The third-order valence-electron chi connectivity index (χ3n) is 2.95. The Hall–Kier alpha value is -0.0800. The van der Waals surface area contributed by atoms with Crippen LogP contribution in [0.1, 0.15) is 46.5 Å². The summed E-state index contributed by atoms with van der Waals surface area (Å²) in [6.07, 6.45) is 5.06. The van der Waals surface area contributed by atoms with Gasteiger partial charge in [-0.25, -0.2) is 0 Å². The maximum absolute atomic E-state index is 5.07. The lowest BCUT2D eigenvalue weighted by Gasteiger charge is -2.21. The lowest BCUT2D eigenvalue weighted by atomic mass is 9.90. The molecule has 1 N–H and O–H groups in total. The molecule has 92 valence electrons. The van der Waals surface area contributed by atoms with Crippen molar-refractivity contribution < 1.29 is 4.74 Å². The quantitative estimate of drug-likeness (QED) is 0.565. The average Bonchev–Trinajstić information content (AvgIpc) is 2.21. The molecule has 0 aromatic carbocycles. The highest BCUT2D eigenvalue weighted by molar-refractivity contribution is 4.66. The van der Waals surface area contributed by atoms with Crippen LogP contribution in [0.5, 0.6) is 0 Å². The summed E-state index contributed by atoms with van der Waals surface area (Å²) >= 11 is 0. The van der Waals surface area contributed by atoms with Gasteiger partial charge in [0.05, 0.1) is 0 Å². The summed E-state index contributed by atoms with van der Waals surface area (Å²) in [7, 11) is 1.78. The van der Waals surface area contributed by atoms with Crippen LogP contribution < -0.4 is 5.32 Å². The molecule has 0 aromatic heterocycles. The third kappa shape index (κ3) is 8.88. The Bertz CT molecular complexity index is 126. The first-order valence-corrected chi connectivity index (χ1v) is 6.42. The Morgan fingerprint density at radius 3 is 2.47 bits per heavy atom. The molecular formula is C13H29NO. The Morgan fingerprint density at radius 1 is 1.20 bits per heavy atom. The van der Waals surface area contributed by atoms with E-state index in [0.29, 0.717) is 0 Å². The molecule has 2 nitrogen and oxygen atoms in total. The highest BCUT2D eigenvalue weighted by Gasteiger charge is 2.11. The molecule has 0 aliphatic carbocycles. The molecule has 0 aliphatic heterocycles. The highest BCUT2D eigenvalue weighted by atomic mass is 16.5. The van der Waals surface area contributed by atoms with Crippen LogP contribution in [-0.2, 0) is 4.74 Å². The van der Waals surface area contributed by atoms with E-state index < -0.39 is 0 Å². The molecule has 1 atom stereocenters. The summed E-state index contributed by atoms with van der Waals surface area (Å²) < 4.78 is 5.07. The fourth-order valence-corrected chi connectivity index (χ4v) is 1.79. The molecule has 1 unspecified atom stereocenters. The number of hydrogen-bond donors (Lipinski definition) is 1. The molecular weight excluding hydrogens is 186 g/mol. The largest absolute Gasteiger partial charge is 0.385 e. The van der Waals surface area contributed by atoms with Gasteiger partial charge >= 0.3 is 0 Å². The third-order valence-corrected chi connectivity index (χ3v) is 2.95. The summed E-state index contributed by atoms with van der Waals surface area (Å²) in [6, 6.07) is 0. The Morgan fingerprint density at radius 2 is 1.93 bits per heavy atom. The predicted molar refractivity (Wildman–Crippen MR) is 67.2 cm³/mol. The maximum atomic E-state index is 5.07. The molecule has 0 amide bonds. The van der Waals surface area contributed by atoms with Crippen LogP contribution in [0.15, 0.2) is 0 Å². The van der Waals surface area contributed by atoms with E-state index in [1.54, 1.807) is 7.11 Å². The van der Waals surface area contributed by atoms with Crippen molar-refractivity contribution in [2.75, 3.05) is 26.8 Å². The van der Waals surface area contributed by atoms with Crippen molar-refractivity contribution in [1.29, 1.82) is 0 Å². The predicted octanol–water partition coefficient (Wildman–Crippen LogP) is 3.07. The van der Waals surface area contributed by atoms with Gasteiger partial charge in [-0.3, -0.25) is 0 Å². The first-order chi connectivity index (χ1) is 7.22. The Kier molecular flexibility index (Phi) is 10.4. The molecule has 0 heterocycles. The molecule has 2 heteroatoms. The number of rotatable bonds is 10. The van der Waals surface area contributed by atoms with Gasteiger partial charge in [0.25, 0.3) is 0 Å². The molecule has 0 saturated carbocycles. The van der Waals surface area contributed by atoms with E-state index in [9.17, 15) is 0 Å².